The summed E-state index contributed by atoms with van der Waals surface area (Å²) in [5.74, 6) is 0. The number of sulfonamides is 1. The molecular formula is C12H11Cl2N3O2S. The molecular weight excluding hydrogens is 321 g/mol. The first-order valence-corrected chi connectivity index (χ1v) is 7.73. The molecule has 0 saturated carbocycles. The minimum Gasteiger partial charge on any atom is -0.225 e. The average Bonchev–Trinajstić information content (AvgIpc) is 2.41. The van der Waals surface area contributed by atoms with Crippen molar-refractivity contribution >= 4 is 33.2 Å². The summed E-state index contributed by atoms with van der Waals surface area (Å²) in [7, 11) is -0.696. The van der Waals surface area contributed by atoms with E-state index < -0.39 is 10.0 Å². The molecule has 0 atom stereocenters. The van der Waals surface area contributed by atoms with Gasteiger partial charge in [-0.15, -0.1) is 0 Å². The second-order valence-corrected chi connectivity index (χ2v) is 6.98. The minimum absolute atomic E-state index is 0.00135. The fourth-order valence-electron chi connectivity index (χ4n) is 1.62. The maximum absolute atomic E-state index is 12.3. The first-order chi connectivity index (χ1) is 9.34. The molecule has 2 rings (SSSR count). The van der Waals surface area contributed by atoms with Gasteiger partial charge in [0.2, 0.25) is 15.3 Å². The van der Waals surface area contributed by atoms with Gasteiger partial charge in [-0.05, 0) is 17.7 Å². The highest BCUT2D eigenvalue weighted by molar-refractivity contribution is 7.89. The topological polar surface area (TPSA) is 63.2 Å². The van der Waals surface area contributed by atoms with Crippen LogP contribution in [0.2, 0.25) is 10.3 Å². The van der Waals surface area contributed by atoms with Crippen LogP contribution in [0.3, 0.4) is 0 Å². The van der Waals surface area contributed by atoms with Gasteiger partial charge < -0.3 is 0 Å². The van der Waals surface area contributed by atoms with E-state index >= 15 is 0 Å². The molecule has 1 heterocycles. The Morgan fingerprint density at radius 3 is 2.45 bits per heavy atom. The standard InChI is InChI=1S/C12H11Cl2N3O2S/c1-17(2)20(18,19)10-6-4-3-5-8(10)11-9(13)7-15-12(14)16-11/h3-7H,1-2H3. The van der Waals surface area contributed by atoms with Gasteiger partial charge in [-0.25, -0.2) is 22.7 Å². The molecule has 0 radical (unpaired) electrons. The average molecular weight is 332 g/mol. The van der Waals surface area contributed by atoms with Crippen LogP contribution in [0.4, 0.5) is 0 Å². The van der Waals surface area contributed by atoms with Crippen molar-refractivity contribution in [1.82, 2.24) is 14.3 Å². The van der Waals surface area contributed by atoms with Crippen LogP contribution in [0.15, 0.2) is 35.4 Å². The molecule has 20 heavy (non-hydrogen) atoms. The maximum atomic E-state index is 12.3. The third kappa shape index (κ3) is 2.78. The Balaban J connectivity index is 2.74. The van der Waals surface area contributed by atoms with Crippen LogP contribution in [0.25, 0.3) is 11.3 Å². The van der Waals surface area contributed by atoms with E-state index in [2.05, 4.69) is 9.97 Å². The molecule has 8 heteroatoms. The van der Waals surface area contributed by atoms with Crippen LogP contribution in [0.1, 0.15) is 0 Å². The summed E-state index contributed by atoms with van der Waals surface area (Å²) in [6, 6.07) is 6.46. The van der Waals surface area contributed by atoms with E-state index in [-0.39, 0.29) is 20.9 Å². The number of halogens is 2. The fraction of sp³-hybridized carbons (Fsp3) is 0.167. The van der Waals surface area contributed by atoms with Crippen molar-refractivity contribution < 1.29 is 8.42 Å². The van der Waals surface area contributed by atoms with Crippen LogP contribution in [0, 0.1) is 0 Å². The predicted molar refractivity (Wildman–Crippen MR) is 78.4 cm³/mol. The summed E-state index contributed by atoms with van der Waals surface area (Å²) >= 11 is 11.8. The summed E-state index contributed by atoms with van der Waals surface area (Å²) in [5.41, 5.74) is 0.670. The number of benzene rings is 1. The molecule has 0 aliphatic rings. The molecule has 0 saturated heterocycles. The number of aromatic nitrogens is 2. The Bertz CT molecular complexity index is 748. The molecule has 1 aromatic heterocycles. The Morgan fingerprint density at radius 2 is 1.80 bits per heavy atom. The molecule has 1 aromatic carbocycles. The van der Waals surface area contributed by atoms with Gasteiger partial charge in [0.25, 0.3) is 0 Å². The summed E-state index contributed by atoms with van der Waals surface area (Å²) in [6.07, 6.45) is 1.34. The van der Waals surface area contributed by atoms with E-state index in [1.807, 2.05) is 0 Å². The van der Waals surface area contributed by atoms with E-state index in [1.54, 1.807) is 18.2 Å². The monoisotopic (exact) mass is 331 g/mol. The molecule has 0 amide bonds. The SMILES string of the molecule is CN(C)S(=O)(=O)c1ccccc1-c1nc(Cl)ncc1Cl. The molecule has 0 aliphatic heterocycles. The molecule has 0 unspecified atom stereocenters. The van der Waals surface area contributed by atoms with E-state index in [1.165, 1.54) is 26.4 Å². The number of rotatable bonds is 3. The van der Waals surface area contributed by atoms with Gasteiger partial charge in [-0.2, -0.15) is 0 Å². The van der Waals surface area contributed by atoms with E-state index in [0.29, 0.717) is 5.56 Å². The quantitative estimate of drug-likeness (QED) is 0.811. The van der Waals surface area contributed by atoms with Gasteiger partial charge in [-0.1, -0.05) is 29.8 Å². The van der Waals surface area contributed by atoms with Crippen LogP contribution in [0.5, 0.6) is 0 Å². The van der Waals surface area contributed by atoms with Crippen molar-refractivity contribution in [1.29, 1.82) is 0 Å². The Labute approximate surface area is 127 Å². The third-order valence-corrected chi connectivity index (χ3v) is 4.95. The largest absolute Gasteiger partial charge is 0.243 e. The molecule has 0 bridgehead atoms. The van der Waals surface area contributed by atoms with Crippen molar-refractivity contribution in [2.24, 2.45) is 0 Å². The van der Waals surface area contributed by atoms with Crippen molar-refractivity contribution in [3.05, 3.63) is 40.8 Å². The van der Waals surface area contributed by atoms with E-state index in [0.717, 1.165) is 4.31 Å². The zero-order chi connectivity index (χ0) is 14.9. The van der Waals surface area contributed by atoms with Crippen LogP contribution in [-0.2, 0) is 10.0 Å². The molecule has 5 nitrogen and oxygen atoms in total. The Morgan fingerprint density at radius 1 is 1.15 bits per heavy atom. The van der Waals surface area contributed by atoms with Crippen molar-refractivity contribution in [3.63, 3.8) is 0 Å². The molecule has 0 spiro atoms. The molecule has 0 fully saturated rings. The summed E-state index contributed by atoms with van der Waals surface area (Å²) in [6.45, 7) is 0. The molecule has 0 aliphatic carbocycles. The number of hydrogen-bond donors (Lipinski definition) is 0. The van der Waals surface area contributed by atoms with Gasteiger partial charge >= 0.3 is 0 Å². The van der Waals surface area contributed by atoms with Crippen molar-refractivity contribution in [2.45, 2.75) is 4.90 Å². The van der Waals surface area contributed by atoms with Gasteiger partial charge in [-0.3, -0.25) is 0 Å². The van der Waals surface area contributed by atoms with Crippen LogP contribution in [-0.4, -0.2) is 36.8 Å². The van der Waals surface area contributed by atoms with E-state index in [4.69, 9.17) is 23.2 Å². The van der Waals surface area contributed by atoms with Gasteiger partial charge in [0, 0.05) is 19.7 Å². The fourth-order valence-corrected chi connectivity index (χ4v) is 3.03. The first-order valence-electron chi connectivity index (χ1n) is 5.54. The summed E-state index contributed by atoms with van der Waals surface area (Å²) in [5, 5.41) is 0.234. The highest BCUT2D eigenvalue weighted by Gasteiger charge is 2.23. The predicted octanol–water partition coefficient (Wildman–Crippen LogP) is 2.70. The normalized spacial score (nSPS) is 11.8. The van der Waals surface area contributed by atoms with Crippen LogP contribution < -0.4 is 0 Å². The highest BCUT2D eigenvalue weighted by atomic mass is 35.5. The molecule has 2 aromatic rings. The van der Waals surface area contributed by atoms with Crippen molar-refractivity contribution in [2.75, 3.05) is 14.1 Å². The lowest BCUT2D eigenvalue weighted by atomic mass is 10.1. The third-order valence-electron chi connectivity index (χ3n) is 2.62. The minimum atomic E-state index is -3.61. The van der Waals surface area contributed by atoms with Crippen LogP contribution >= 0.6 is 23.2 Å². The maximum Gasteiger partial charge on any atom is 0.243 e. The Kier molecular flexibility index (Phi) is 4.29. The lowest BCUT2D eigenvalue weighted by Crippen LogP contribution is -2.22. The summed E-state index contributed by atoms with van der Waals surface area (Å²) in [4.78, 5) is 7.88. The number of nitrogens with zero attached hydrogens (tertiary/aromatic N) is 3. The van der Waals surface area contributed by atoms with Crippen molar-refractivity contribution in [3.8, 4) is 11.3 Å². The van der Waals surface area contributed by atoms with Gasteiger partial charge in [0.15, 0.2) is 0 Å². The summed E-state index contributed by atoms with van der Waals surface area (Å²) < 4.78 is 25.8. The second-order valence-electron chi connectivity index (χ2n) is 4.12. The number of hydrogen-bond acceptors (Lipinski definition) is 4. The van der Waals surface area contributed by atoms with Gasteiger partial charge in [0.05, 0.1) is 21.8 Å². The molecule has 106 valence electrons. The Hall–Kier alpha value is -1.21. The zero-order valence-corrected chi connectivity index (χ0v) is 13.0. The highest BCUT2D eigenvalue weighted by Crippen LogP contribution is 2.32. The lowest BCUT2D eigenvalue weighted by molar-refractivity contribution is 0.521. The second kappa shape index (κ2) is 5.65. The van der Waals surface area contributed by atoms with E-state index in [9.17, 15) is 8.42 Å². The molecule has 0 N–H and O–H groups in total. The first kappa shape index (κ1) is 15.2. The zero-order valence-electron chi connectivity index (χ0n) is 10.7. The van der Waals surface area contributed by atoms with Gasteiger partial charge in [0.1, 0.15) is 0 Å². The lowest BCUT2D eigenvalue weighted by Gasteiger charge is -2.15. The smallest absolute Gasteiger partial charge is 0.225 e.